The van der Waals surface area contributed by atoms with Crippen LogP contribution in [0.15, 0.2) is 61.8 Å². The molecular weight excluding hydrogens is 453 g/mol. The Morgan fingerprint density at radius 3 is 2.67 bits per heavy atom. The highest BCUT2D eigenvalue weighted by Gasteiger charge is 2.12. The molecule has 0 saturated heterocycles. The number of nitrogens with zero attached hydrogens (tertiary/aromatic N) is 4. The molecule has 4 rings (SSSR count). The van der Waals surface area contributed by atoms with Gasteiger partial charge in [-0.25, -0.2) is 4.39 Å². The van der Waals surface area contributed by atoms with Crippen molar-refractivity contribution in [2.45, 2.75) is 10.1 Å². The van der Waals surface area contributed by atoms with Crippen molar-refractivity contribution >= 4 is 49.8 Å². The molecule has 1 N–H and O–H groups in total. The average molecular weight is 464 g/mol. The van der Waals surface area contributed by atoms with E-state index >= 15 is 0 Å². The summed E-state index contributed by atoms with van der Waals surface area (Å²) in [7, 11) is 0. The smallest absolute Gasteiger partial charge is 0.247 e. The first-order chi connectivity index (χ1) is 13.2. The third-order valence-electron chi connectivity index (χ3n) is 3.40. The maximum atomic E-state index is 13.7. The molecule has 2 heterocycles. The van der Waals surface area contributed by atoms with Crippen molar-refractivity contribution in [1.29, 1.82) is 0 Å². The number of halogens is 2. The van der Waals surface area contributed by atoms with Crippen LogP contribution in [-0.2, 0) is 5.75 Å². The lowest BCUT2D eigenvalue weighted by atomic mass is 10.2. The molecule has 2 aromatic carbocycles. The Hall–Kier alpha value is -2.30. The van der Waals surface area contributed by atoms with E-state index in [2.05, 4.69) is 41.6 Å². The molecule has 4 aromatic rings. The fourth-order valence-corrected chi connectivity index (χ4v) is 4.01. The van der Waals surface area contributed by atoms with Crippen LogP contribution in [0.1, 0.15) is 5.89 Å². The number of para-hydroxylation sites is 1. The molecule has 27 heavy (non-hydrogen) atoms. The third kappa shape index (κ3) is 4.52. The van der Waals surface area contributed by atoms with Crippen LogP contribution in [0.25, 0.3) is 11.5 Å². The molecule has 0 saturated carbocycles. The first kappa shape index (κ1) is 18.1. The quantitative estimate of drug-likeness (QED) is 0.376. The van der Waals surface area contributed by atoms with Gasteiger partial charge in [0.15, 0.2) is 4.34 Å². The minimum atomic E-state index is -0.340. The molecule has 0 aliphatic carbocycles. The van der Waals surface area contributed by atoms with Crippen LogP contribution in [0.4, 0.5) is 15.2 Å². The van der Waals surface area contributed by atoms with Gasteiger partial charge < -0.3 is 9.73 Å². The first-order valence-corrected chi connectivity index (χ1v) is 10.3. The lowest BCUT2D eigenvalue weighted by Crippen LogP contribution is -1.92. The minimum absolute atomic E-state index is 0.340. The van der Waals surface area contributed by atoms with E-state index in [0.717, 1.165) is 14.4 Å². The summed E-state index contributed by atoms with van der Waals surface area (Å²) in [4.78, 5) is 0. The van der Waals surface area contributed by atoms with E-state index in [0.29, 0.717) is 28.4 Å². The standard InChI is InChI=1S/C17H11BrFN5OS2/c18-11-7-5-10(6-8-11)15-22-21-14(25-15)9-26-17-24-23-16(27-17)20-13-4-2-1-3-12(13)19/h1-8H,9H2,(H,20,23). The van der Waals surface area contributed by atoms with E-state index in [9.17, 15) is 4.39 Å². The Bertz CT molecular complexity index is 1050. The number of aromatic nitrogens is 4. The summed E-state index contributed by atoms with van der Waals surface area (Å²) in [5.41, 5.74) is 1.22. The molecule has 0 atom stereocenters. The van der Waals surface area contributed by atoms with Crippen molar-refractivity contribution in [3.63, 3.8) is 0 Å². The molecule has 2 aromatic heterocycles. The molecule has 0 bridgehead atoms. The van der Waals surface area contributed by atoms with Crippen LogP contribution in [0.2, 0.25) is 0 Å². The number of thioether (sulfide) groups is 1. The SMILES string of the molecule is Fc1ccccc1Nc1nnc(SCc2nnc(-c3ccc(Br)cc3)o2)s1. The van der Waals surface area contributed by atoms with Gasteiger partial charge in [0.2, 0.25) is 16.9 Å². The second kappa shape index (κ2) is 8.15. The molecular formula is C17H11BrFN5OS2. The topological polar surface area (TPSA) is 76.7 Å². The summed E-state index contributed by atoms with van der Waals surface area (Å²) in [6.07, 6.45) is 0. The summed E-state index contributed by atoms with van der Waals surface area (Å²) >= 11 is 6.15. The molecule has 0 spiro atoms. The predicted molar refractivity (Wildman–Crippen MR) is 107 cm³/mol. The van der Waals surface area contributed by atoms with Crippen LogP contribution in [-0.4, -0.2) is 20.4 Å². The molecule has 0 aliphatic rings. The van der Waals surface area contributed by atoms with E-state index in [1.807, 2.05) is 24.3 Å². The van der Waals surface area contributed by atoms with Gasteiger partial charge in [0.05, 0.1) is 11.4 Å². The van der Waals surface area contributed by atoms with Crippen molar-refractivity contribution in [3.05, 3.63) is 64.7 Å². The average Bonchev–Trinajstić information content (AvgIpc) is 3.32. The largest absolute Gasteiger partial charge is 0.420 e. The molecule has 6 nitrogen and oxygen atoms in total. The summed E-state index contributed by atoms with van der Waals surface area (Å²) in [6.45, 7) is 0. The molecule has 136 valence electrons. The van der Waals surface area contributed by atoms with E-state index in [-0.39, 0.29) is 5.82 Å². The van der Waals surface area contributed by atoms with E-state index in [1.54, 1.807) is 18.2 Å². The highest BCUT2D eigenvalue weighted by Crippen LogP contribution is 2.31. The maximum absolute atomic E-state index is 13.7. The number of rotatable bonds is 6. The Kier molecular flexibility index (Phi) is 5.46. The van der Waals surface area contributed by atoms with Gasteiger partial charge in [-0.05, 0) is 36.4 Å². The van der Waals surface area contributed by atoms with Crippen molar-refractivity contribution in [3.8, 4) is 11.5 Å². The molecule has 0 fully saturated rings. The van der Waals surface area contributed by atoms with Gasteiger partial charge in [-0.15, -0.1) is 20.4 Å². The zero-order valence-corrected chi connectivity index (χ0v) is 16.8. The fraction of sp³-hybridized carbons (Fsp3) is 0.0588. The number of hydrogen-bond donors (Lipinski definition) is 1. The van der Waals surface area contributed by atoms with Gasteiger partial charge in [0.1, 0.15) is 5.82 Å². The van der Waals surface area contributed by atoms with Crippen LogP contribution < -0.4 is 5.32 Å². The Balaban J connectivity index is 1.38. The van der Waals surface area contributed by atoms with Gasteiger partial charge >= 0.3 is 0 Å². The summed E-state index contributed by atoms with van der Waals surface area (Å²) < 4.78 is 21.1. The zero-order chi connectivity index (χ0) is 18.6. The van der Waals surface area contributed by atoms with Crippen molar-refractivity contribution in [2.24, 2.45) is 0 Å². The third-order valence-corrected chi connectivity index (χ3v) is 5.88. The fourth-order valence-electron chi connectivity index (χ4n) is 2.14. The first-order valence-electron chi connectivity index (χ1n) is 7.73. The van der Waals surface area contributed by atoms with Crippen LogP contribution in [0.5, 0.6) is 0 Å². The Morgan fingerprint density at radius 2 is 1.85 bits per heavy atom. The van der Waals surface area contributed by atoms with Crippen LogP contribution in [0.3, 0.4) is 0 Å². The van der Waals surface area contributed by atoms with Crippen LogP contribution in [0, 0.1) is 5.82 Å². The summed E-state index contributed by atoms with van der Waals surface area (Å²) in [5.74, 6) is 1.10. The van der Waals surface area contributed by atoms with Gasteiger partial charge in [0.25, 0.3) is 0 Å². The van der Waals surface area contributed by atoms with Crippen LogP contribution >= 0.6 is 39.0 Å². The summed E-state index contributed by atoms with van der Waals surface area (Å²) in [5, 5.41) is 19.7. The molecule has 0 radical (unpaired) electrons. The van der Waals surface area contributed by atoms with Gasteiger partial charge in [-0.2, -0.15) is 0 Å². The van der Waals surface area contributed by atoms with E-state index in [1.165, 1.54) is 29.2 Å². The normalized spacial score (nSPS) is 10.9. The van der Waals surface area contributed by atoms with Gasteiger partial charge in [0, 0.05) is 10.0 Å². The number of nitrogens with one attached hydrogen (secondary N) is 1. The zero-order valence-electron chi connectivity index (χ0n) is 13.6. The Morgan fingerprint density at radius 1 is 1.04 bits per heavy atom. The van der Waals surface area contributed by atoms with Gasteiger partial charge in [-0.3, -0.25) is 0 Å². The molecule has 0 unspecified atom stereocenters. The van der Waals surface area contributed by atoms with E-state index < -0.39 is 0 Å². The second-order valence-electron chi connectivity index (χ2n) is 5.27. The molecule has 0 aliphatic heterocycles. The lowest BCUT2D eigenvalue weighted by molar-refractivity contribution is 0.528. The highest BCUT2D eigenvalue weighted by molar-refractivity contribution is 9.10. The van der Waals surface area contributed by atoms with Crippen molar-refractivity contribution < 1.29 is 8.81 Å². The van der Waals surface area contributed by atoms with Crippen molar-refractivity contribution in [1.82, 2.24) is 20.4 Å². The maximum Gasteiger partial charge on any atom is 0.247 e. The number of benzene rings is 2. The molecule has 0 amide bonds. The lowest BCUT2D eigenvalue weighted by Gasteiger charge is -2.01. The predicted octanol–water partition coefficient (Wildman–Crippen LogP) is 5.53. The Labute approximate surface area is 170 Å². The van der Waals surface area contributed by atoms with E-state index in [4.69, 9.17) is 4.42 Å². The highest BCUT2D eigenvalue weighted by atomic mass is 79.9. The van der Waals surface area contributed by atoms with Crippen molar-refractivity contribution in [2.75, 3.05) is 5.32 Å². The van der Waals surface area contributed by atoms with Gasteiger partial charge in [-0.1, -0.05) is 51.2 Å². The molecule has 10 heteroatoms. The summed E-state index contributed by atoms with van der Waals surface area (Å²) in [6, 6.07) is 14.1. The number of hydrogen-bond acceptors (Lipinski definition) is 8. The number of anilines is 2. The minimum Gasteiger partial charge on any atom is -0.420 e. The second-order valence-corrected chi connectivity index (χ2v) is 8.39. The monoisotopic (exact) mass is 463 g/mol.